The van der Waals surface area contributed by atoms with Crippen LogP contribution in [0.5, 0.6) is 0 Å². The van der Waals surface area contributed by atoms with E-state index >= 15 is 0 Å². The van der Waals surface area contributed by atoms with E-state index in [0.29, 0.717) is 0 Å². The van der Waals surface area contributed by atoms with Crippen molar-refractivity contribution in [2.24, 2.45) is 5.10 Å². The van der Waals surface area contributed by atoms with Crippen molar-refractivity contribution in [1.82, 2.24) is 9.97 Å². The van der Waals surface area contributed by atoms with Gasteiger partial charge in [0.1, 0.15) is 11.2 Å². The van der Waals surface area contributed by atoms with Crippen LogP contribution in [0.25, 0.3) is 10.2 Å². The average Bonchev–Trinajstić information content (AvgIpc) is 3.06. The third-order valence-electron chi connectivity index (χ3n) is 4.75. The molecule has 4 nitrogen and oxygen atoms in total. The molecular formula is C17H22N4S. The van der Waals surface area contributed by atoms with E-state index < -0.39 is 0 Å². The highest BCUT2D eigenvalue weighted by Crippen LogP contribution is 2.39. The molecule has 4 rings (SSSR count). The molecule has 0 saturated heterocycles. The Labute approximate surface area is 135 Å². The molecule has 2 aromatic rings. The number of aryl methyl sites for hydroxylation is 2. The summed E-state index contributed by atoms with van der Waals surface area (Å²) in [6.45, 7) is 0. The van der Waals surface area contributed by atoms with Gasteiger partial charge in [-0.2, -0.15) is 5.10 Å². The topological polar surface area (TPSA) is 50.2 Å². The summed E-state index contributed by atoms with van der Waals surface area (Å²) >= 11 is 1.83. The molecule has 0 unspecified atom stereocenters. The van der Waals surface area contributed by atoms with Crippen LogP contribution in [-0.4, -0.2) is 15.7 Å². The maximum absolute atomic E-state index is 4.69. The highest BCUT2D eigenvalue weighted by atomic mass is 32.1. The van der Waals surface area contributed by atoms with Gasteiger partial charge in [0.2, 0.25) is 0 Å². The number of nitrogens with zero attached hydrogens (tertiary/aromatic N) is 3. The van der Waals surface area contributed by atoms with Crippen LogP contribution in [0, 0.1) is 0 Å². The third-order valence-corrected chi connectivity index (χ3v) is 5.95. The first kappa shape index (κ1) is 14.1. The Kier molecular flexibility index (Phi) is 4.06. The zero-order chi connectivity index (χ0) is 14.8. The zero-order valence-corrected chi connectivity index (χ0v) is 13.7. The summed E-state index contributed by atoms with van der Waals surface area (Å²) in [5.41, 5.74) is 6.03. The third kappa shape index (κ3) is 2.74. The van der Waals surface area contributed by atoms with Crippen molar-refractivity contribution >= 4 is 33.1 Å². The average molecular weight is 314 g/mol. The monoisotopic (exact) mass is 314 g/mol. The molecule has 22 heavy (non-hydrogen) atoms. The molecule has 2 aromatic heterocycles. The summed E-state index contributed by atoms with van der Waals surface area (Å²) in [4.78, 5) is 11.5. The van der Waals surface area contributed by atoms with Crippen molar-refractivity contribution in [2.75, 3.05) is 5.43 Å². The number of hydrazone groups is 1. The van der Waals surface area contributed by atoms with Crippen LogP contribution in [0.1, 0.15) is 61.8 Å². The highest BCUT2D eigenvalue weighted by molar-refractivity contribution is 7.19. The number of thiophene rings is 1. The Balaban J connectivity index is 1.61. The lowest BCUT2D eigenvalue weighted by Crippen LogP contribution is -2.06. The standard InChI is InChI=1S/C17H22N4S/c1-2-4-7-12(8-5-3-1)20-21-16-15-13-9-6-10-14(13)22-17(15)19-11-18-16/h11H,1-10H2,(H,18,19,21). The molecule has 2 aliphatic carbocycles. The van der Waals surface area contributed by atoms with E-state index in [2.05, 4.69) is 15.4 Å². The van der Waals surface area contributed by atoms with Crippen LogP contribution < -0.4 is 5.43 Å². The lowest BCUT2D eigenvalue weighted by atomic mass is 9.99. The fourth-order valence-electron chi connectivity index (χ4n) is 3.57. The number of aromatic nitrogens is 2. The minimum Gasteiger partial charge on any atom is -0.261 e. The molecular weight excluding hydrogens is 292 g/mol. The molecule has 116 valence electrons. The molecule has 1 N–H and O–H groups in total. The lowest BCUT2D eigenvalue weighted by Gasteiger charge is -2.11. The molecule has 0 aromatic carbocycles. The summed E-state index contributed by atoms with van der Waals surface area (Å²) in [5.74, 6) is 0.902. The van der Waals surface area contributed by atoms with Gasteiger partial charge in [-0.25, -0.2) is 9.97 Å². The van der Waals surface area contributed by atoms with Gasteiger partial charge in [-0.1, -0.05) is 19.3 Å². The molecule has 0 atom stereocenters. The predicted molar refractivity (Wildman–Crippen MR) is 92.8 cm³/mol. The van der Waals surface area contributed by atoms with Crippen molar-refractivity contribution in [3.05, 3.63) is 16.8 Å². The van der Waals surface area contributed by atoms with Gasteiger partial charge in [-0.05, 0) is 50.5 Å². The minimum absolute atomic E-state index is 0.902. The smallest absolute Gasteiger partial charge is 0.158 e. The summed E-state index contributed by atoms with van der Waals surface area (Å²) in [6.07, 6.45) is 14.2. The van der Waals surface area contributed by atoms with Gasteiger partial charge in [0, 0.05) is 10.6 Å². The first-order chi connectivity index (χ1) is 10.9. The van der Waals surface area contributed by atoms with Crippen molar-refractivity contribution in [2.45, 2.75) is 64.2 Å². The van der Waals surface area contributed by atoms with Crippen LogP contribution >= 0.6 is 11.3 Å². The van der Waals surface area contributed by atoms with E-state index in [9.17, 15) is 0 Å². The molecule has 0 aliphatic heterocycles. The SMILES string of the molecule is c1nc(NN=C2CCCCCCC2)c2c3c(sc2n1)CCC3. The van der Waals surface area contributed by atoms with Crippen molar-refractivity contribution in [3.8, 4) is 0 Å². The Hall–Kier alpha value is -1.49. The Morgan fingerprint density at radius 2 is 1.73 bits per heavy atom. The summed E-state index contributed by atoms with van der Waals surface area (Å²) < 4.78 is 0. The highest BCUT2D eigenvalue weighted by Gasteiger charge is 2.21. The molecule has 5 heteroatoms. The second-order valence-electron chi connectivity index (χ2n) is 6.32. The molecule has 0 spiro atoms. The van der Waals surface area contributed by atoms with Gasteiger partial charge < -0.3 is 0 Å². The number of hydrogen-bond acceptors (Lipinski definition) is 5. The summed E-state index contributed by atoms with van der Waals surface area (Å²) in [5, 5.41) is 5.91. The van der Waals surface area contributed by atoms with Crippen LogP contribution in [0.2, 0.25) is 0 Å². The maximum Gasteiger partial charge on any atom is 0.158 e. The van der Waals surface area contributed by atoms with Gasteiger partial charge in [-0.3, -0.25) is 5.43 Å². The summed E-state index contributed by atoms with van der Waals surface area (Å²) in [7, 11) is 0. The number of fused-ring (bicyclic) bond motifs is 3. The number of anilines is 1. The van der Waals surface area contributed by atoms with E-state index in [4.69, 9.17) is 5.10 Å². The Bertz CT molecular complexity index is 694. The molecule has 1 saturated carbocycles. The fraction of sp³-hybridized carbons (Fsp3) is 0.588. The van der Waals surface area contributed by atoms with Gasteiger partial charge in [0.05, 0.1) is 5.39 Å². The molecule has 0 bridgehead atoms. The molecule has 2 heterocycles. The van der Waals surface area contributed by atoms with Crippen LogP contribution in [0.15, 0.2) is 11.4 Å². The largest absolute Gasteiger partial charge is 0.261 e. The number of rotatable bonds is 2. The van der Waals surface area contributed by atoms with E-state index in [1.807, 2.05) is 11.3 Å². The first-order valence-corrected chi connectivity index (χ1v) is 9.30. The second kappa shape index (κ2) is 6.32. The first-order valence-electron chi connectivity index (χ1n) is 8.48. The van der Waals surface area contributed by atoms with E-state index in [1.165, 1.54) is 66.5 Å². The fourth-order valence-corrected chi connectivity index (χ4v) is 4.80. The Morgan fingerprint density at radius 3 is 2.59 bits per heavy atom. The van der Waals surface area contributed by atoms with Gasteiger partial charge >= 0.3 is 0 Å². The second-order valence-corrected chi connectivity index (χ2v) is 7.40. The molecule has 0 amide bonds. The number of hydrogen-bond donors (Lipinski definition) is 1. The van der Waals surface area contributed by atoms with Gasteiger partial charge in [0.25, 0.3) is 0 Å². The van der Waals surface area contributed by atoms with Crippen LogP contribution in [0.3, 0.4) is 0 Å². The van der Waals surface area contributed by atoms with Crippen molar-refractivity contribution in [1.29, 1.82) is 0 Å². The quantitative estimate of drug-likeness (QED) is 0.818. The molecule has 2 aliphatic rings. The molecule has 1 fully saturated rings. The van der Waals surface area contributed by atoms with Gasteiger partial charge in [-0.15, -0.1) is 11.3 Å². The van der Waals surface area contributed by atoms with Crippen molar-refractivity contribution < 1.29 is 0 Å². The van der Waals surface area contributed by atoms with E-state index in [-0.39, 0.29) is 0 Å². The minimum atomic E-state index is 0.902. The molecule has 0 radical (unpaired) electrons. The van der Waals surface area contributed by atoms with Crippen LogP contribution in [0.4, 0.5) is 5.82 Å². The zero-order valence-electron chi connectivity index (χ0n) is 12.9. The van der Waals surface area contributed by atoms with E-state index in [1.54, 1.807) is 6.33 Å². The number of nitrogens with one attached hydrogen (secondary N) is 1. The predicted octanol–water partition coefficient (Wildman–Crippen LogP) is 4.69. The normalized spacial score (nSPS) is 18.8. The van der Waals surface area contributed by atoms with Gasteiger partial charge in [0.15, 0.2) is 5.82 Å². The van der Waals surface area contributed by atoms with E-state index in [0.717, 1.165) is 29.9 Å². The lowest BCUT2D eigenvalue weighted by molar-refractivity contribution is 0.606. The Morgan fingerprint density at radius 1 is 0.909 bits per heavy atom. The summed E-state index contributed by atoms with van der Waals surface area (Å²) in [6, 6.07) is 0. The maximum atomic E-state index is 4.69. The van der Waals surface area contributed by atoms with Crippen molar-refractivity contribution in [3.63, 3.8) is 0 Å². The van der Waals surface area contributed by atoms with Crippen LogP contribution in [-0.2, 0) is 12.8 Å².